The maximum Gasteiger partial charge on any atom is 0.234 e. The average molecular weight is 459 g/mol. The third-order valence-corrected chi connectivity index (χ3v) is 6.00. The van der Waals surface area contributed by atoms with E-state index in [0.29, 0.717) is 11.6 Å². The molecule has 1 amide bonds. The van der Waals surface area contributed by atoms with Crippen LogP contribution in [-0.2, 0) is 11.2 Å². The first kappa shape index (κ1) is 22.6. The molecule has 168 valence electrons. The first-order valence-electron chi connectivity index (χ1n) is 10.7. The lowest BCUT2D eigenvalue weighted by molar-refractivity contribution is -0.113. The fourth-order valence-corrected chi connectivity index (χ4v) is 4.42. The number of nitrogens with zero attached hydrogens (tertiary/aromatic N) is 3. The number of hydrogen-bond donors (Lipinski definition) is 1. The molecule has 0 aliphatic carbocycles. The summed E-state index contributed by atoms with van der Waals surface area (Å²) in [5, 5.41) is 12.5. The largest absolute Gasteiger partial charge is 0.497 e. The molecule has 0 aliphatic heterocycles. The molecule has 0 unspecified atom stereocenters. The van der Waals surface area contributed by atoms with Crippen LogP contribution in [0.3, 0.4) is 0 Å². The van der Waals surface area contributed by atoms with Gasteiger partial charge in [-0.25, -0.2) is 0 Å². The summed E-state index contributed by atoms with van der Waals surface area (Å²) >= 11 is 1.37. The van der Waals surface area contributed by atoms with Crippen molar-refractivity contribution in [3.63, 3.8) is 0 Å². The van der Waals surface area contributed by atoms with E-state index in [1.165, 1.54) is 11.8 Å². The van der Waals surface area contributed by atoms with Gasteiger partial charge < -0.3 is 10.1 Å². The molecule has 1 heterocycles. The first-order chi connectivity index (χ1) is 16.0. The summed E-state index contributed by atoms with van der Waals surface area (Å²) in [6.07, 6.45) is 0.634. The van der Waals surface area contributed by atoms with Crippen molar-refractivity contribution in [3.8, 4) is 11.4 Å². The van der Waals surface area contributed by atoms with E-state index in [2.05, 4.69) is 33.7 Å². The van der Waals surface area contributed by atoms with E-state index in [-0.39, 0.29) is 11.7 Å². The number of carbonyl (C=O) groups is 1. The average Bonchev–Trinajstić information content (AvgIpc) is 3.20. The number of benzene rings is 3. The number of ether oxygens (including phenoxy) is 1. The number of thioether (sulfide) groups is 1. The van der Waals surface area contributed by atoms with E-state index in [1.54, 1.807) is 7.11 Å². The Bertz CT molecular complexity index is 1220. The summed E-state index contributed by atoms with van der Waals surface area (Å²) in [4.78, 5) is 12.6. The van der Waals surface area contributed by atoms with E-state index in [1.807, 2.05) is 73.0 Å². The van der Waals surface area contributed by atoms with Crippen molar-refractivity contribution in [1.82, 2.24) is 14.8 Å². The minimum atomic E-state index is -0.0844. The molecule has 0 atom stereocenters. The summed E-state index contributed by atoms with van der Waals surface area (Å²) < 4.78 is 7.30. The Hall–Kier alpha value is -3.58. The second-order valence-electron chi connectivity index (χ2n) is 7.81. The predicted octanol–water partition coefficient (Wildman–Crippen LogP) is 5.21. The number of hydrogen-bond acceptors (Lipinski definition) is 5. The van der Waals surface area contributed by atoms with Gasteiger partial charge in [0.05, 0.1) is 12.9 Å². The molecule has 0 fully saturated rings. The number of rotatable bonds is 8. The van der Waals surface area contributed by atoms with Gasteiger partial charge in [-0.15, -0.1) is 10.2 Å². The molecule has 4 aromatic rings. The van der Waals surface area contributed by atoms with Crippen LogP contribution in [-0.4, -0.2) is 33.5 Å². The van der Waals surface area contributed by atoms with Gasteiger partial charge in [0, 0.05) is 17.8 Å². The van der Waals surface area contributed by atoms with E-state index in [4.69, 9.17) is 4.74 Å². The molecule has 33 heavy (non-hydrogen) atoms. The van der Waals surface area contributed by atoms with Crippen molar-refractivity contribution in [2.45, 2.75) is 25.4 Å². The molecule has 1 aromatic heterocycles. The van der Waals surface area contributed by atoms with Crippen LogP contribution < -0.4 is 10.1 Å². The Morgan fingerprint density at radius 1 is 0.970 bits per heavy atom. The van der Waals surface area contributed by atoms with Crippen molar-refractivity contribution < 1.29 is 9.53 Å². The number of amides is 1. The highest BCUT2D eigenvalue weighted by molar-refractivity contribution is 7.99. The highest BCUT2D eigenvalue weighted by Crippen LogP contribution is 2.25. The van der Waals surface area contributed by atoms with Gasteiger partial charge in [0.1, 0.15) is 11.6 Å². The zero-order valence-corrected chi connectivity index (χ0v) is 19.7. The molecule has 1 N–H and O–H groups in total. The molecule has 0 saturated carbocycles. The Kier molecular flexibility index (Phi) is 7.10. The van der Waals surface area contributed by atoms with Crippen LogP contribution in [0.1, 0.15) is 22.5 Å². The molecule has 0 radical (unpaired) electrons. The molecule has 0 spiro atoms. The summed E-state index contributed by atoms with van der Waals surface area (Å²) in [5.41, 5.74) is 5.10. The lowest BCUT2D eigenvalue weighted by Crippen LogP contribution is -2.15. The third kappa shape index (κ3) is 5.81. The molecule has 6 nitrogen and oxygen atoms in total. The van der Waals surface area contributed by atoms with Gasteiger partial charge in [-0.2, -0.15) is 0 Å². The Morgan fingerprint density at radius 2 is 1.67 bits per heavy atom. The Balaban J connectivity index is 1.55. The third-order valence-electron chi connectivity index (χ3n) is 5.07. The second kappa shape index (κ2) is 10.4. The van der Waals surface area contributed by atoms with E-state index in [0.717, 1.165) is 39.6 Å². The van der Waals surface area contributed by atoms with Crippen LogP contribution in [0.15, 0.2) is 78.0 Å². The molecule has 4 rings (SSSR count). The molecule has 0 bridgehead atoms. The normalized spacial score (nSPS) is 10.8. The molecule has 0 aliphatic rings. The summed E-state index contributed by atoms with van der Waals surface area (Å²) in [7, 11) is 1.64. The summed E-state index contributed by atoms with van der Waals surface area (Å²) in [5.74, 6) is 1.73. The van der Waals surface area contributed by atoms with Crippen molar-refractivity contribution in [2.24, 2.45) is 0 Å². The summed E-state index contributed by atoms with van der Waals surface area (Å²) in [6.45, 7) is 4.03. The van der Waals surface area contributed by atoms with Crippen LogP contribution in [0, 0.1) is 13.8 Å². The van der Waals surface area contributed by atoms with Gasteiger partial charge >= 0.3 is 0 Å². The minimum absolute atomic E-state index is 0.0844. The number of carbonyl (C=O) groups excluding carboxylic acids is 1. The topological polar surface area (TPSA) is 69.0 Å². The van der Waals surface area contributed by atoms with Gasteiger partial charge in [-0.3, -0.25) is 9.36 Å². The lowest BCUT2D eigenvalue weighted by Gasteiger charge is -2.11. The fourth-order valence-electron chi connectivity index (χ4n) is 3.65. The molecule has 0 saturated heterocycles. The van der Waals surface area contributed by atoms with E-state index < -0.39 is 0 Å². The minimum Gasteiger partial charge on any atom is -0.497 e. The number of methoxy groups -OCH3 is 1. The quantitative estimate of drug-likeness (QED) is 0.367. The highest BCUT2D eigenvalue weighted by Gasteiger charge is 2.17. The van der Waals surface area contributed by atoms with Crippen molar-refractivity contribution >= 4 is 23.4 Å². The van der Waals surface area contributed by atoms with E-state index in [9.17, 15) is 4.79 Å². The van der Waals surface area contributed by atoms with Crippen molar-refractivity contribution in [2.75, 3.05) is 18.2 Å². The van der Waals surface area contributed by atoms with Crippen LogP contribution >= 0.6 is 11.8 Å². The van der Waals surface area contributed by atoms with Crippen LogP contribution in [0.4, 0.5) is 5.69 Å². The van der Waals surface area contributed by atoms with Gasteiger partial charge in [0.15, 0.2) is 5.16 Å². The van der Waals surface area contributed by atoms with Crippen molar-refractivity contribution in [3.05, 3.63) is 95.3 Å². The predicted molar refractivity (Wildman–Crippen MR) is 132 cm³/mol. The Morgan fingerprint density at radius 3 is 2.33 bits per heavy atom. The van der Waals surface area contributed by atoms with Crippen LogP contribution in [0.25, 0.3) is 5.69 Å². The van der Waals surface area contributed by atoms with Gasteiger partial charge in [0.25, 0.3) is 0 Å². The highest BCUT2D eigenvalue weighted by atomic mass is 32.2. The molecular formula is C26H26N4O2S. The fraction of sp³-hybridized carbons (Fsp3) is 0.192. The monoisotopic (exact) mass is 458 g/mol. The number of nitrogens with one attached hydrogen (secondary N) is 1. The second-order valence-corrected chi connectivity index (χ2v) is 8.75. The number of anilines is 1. The van der Waals surface area contributed by atoms with Gasteiger partial charge in [0.2, 0.25) is 5.91 Å². The van der Waals surface area contributed by atoms with Gasteiger partial charge in [-0.1, -0.05) is 48.2 Å². The maximum absolute atomic E-state index is 12.6. The van der Waals surface area contributed by atoms with Gasteiger partial charge in [-0.05, 0) is 66.9 Å². The zero-order valence-electron chi connectivity index (χ0n) is 18.9. The maximum atomic E-state index is 12.6. The Labute approximate surface area is 198 Å². The van der Waals surface area contributed by atoms with E-state index >= 15 is 0 Å². The van der Waals surface area contributed by atoms with Crippen LogP contribution in [0.2, 0.25) is 0 Å². The first-order valence-corrected chi connectivity index (χ1v) is 11.6. The molecular weight excluding hydrogens is 432 g/mol. The summed E-state index contributed by atoms with van der Waals surface area (Å²) in [6, 6.07) is 23.9. The number of aromatic nitrogens is 3. The standard InChI is InChI=1S/C26H26N4O2S/c1-18-13-19(2)15-21(14-18)27-25(31)17-33-26-29-28-24(16-20-7-5-4-6-8-20)30(26)22-9-11-23(32-3)12-10-22/h4-15H,16-17H2,1-3H3,(H,27,31). The van der Waals surface area contributed by atoms with Crippen molar-refractivity contribution in [1.29, 1.82) is 0 Å². The number of aryl methyl sites for hydroxylation is 2. The lowest BCUT2D eigenvalue weighted by atomic mass is 10.1. The van der Waals surface area contributed by atoms with Crippen LogP contribution in [0.5, 0.6) is 5.75 Å². The SMILES string of the molecule is COc1ccc(-n2c(Cc3ccccc3)nnc2SCC(=O)Nc2cc(C)cc(C)c2)cc1. The zero-order chi connectivity index (χ0) is 23.2. The molecule has 3 aromatic carbocycles. The smallest absolute Gasteiger partial charge is 0.234 e. The molecule has 7 heteroatoms.